The van der Waals surface area contributed by atoms with Gasteiger partial charge in [-0.25, -0.2) is 4.98 Å². The van der Waals surface area contributed by atoms with Gasteiger partial charge in [-0.2, -0.15) is 0 Å². The van der Waals surface area contributed by atoms with Crippen molar-refractivity contribution in [2.75, 3.05) is 46.3 Å². The van der Waals surface area contributed by atoms with Crippen LogP contribution in [-0.2, 0) is 11.2 Å². The standard InChI is InChI=1S/C20H26N4O4/c1-23(2)20-21-15(11-18(25)22-20)14-7-8-24(12-14)19(26)10-13-5-6-16(27-3)17(9-13)28-4/h5-6,9,11,14H,7-8,10,12H2,1-4H3,(H,21,22,25). The van der Waals surface area contributed by atoms with Crippen LogP contribution in [0.3, 0.4) is 0 Å². The molecule has 0 spiro atoms. The molecule has 8 nitrogen and oxygen atoms in total. The van der Waals surface area contributed by atoms with Crippen LogP contribution in [-0.4, -0.2) is 62.2 Å². The number of carbonyl (C=O) groups excluding carboxylic acids is 1. The van der Waals surface area contributed by atoms with Crippen molar-refractivity contribution >= 4 is 11.9 Å². The summed E-state index contributed by atoms with van der Waals surface area (Å²) in [5, 5.41) is 0. The van der Waals surface area contributed by atoms with Gasteiger partial charge in [0.15, 0.2) is 11.5 Å². The Morgan fingerprint density at radius 1 is 1.25 bits per heavy atom. The number of anilines is 1. The van der Waals surface area contributed by atoms with Gasteiger partial charge in [0.05, 0.1) is 26.3 Å². The molecule has 2 aromatic rings. The highest BCUT2D eigenvalue weighted by atomic mass is 16.5. The summed E-state index contributed by atoms with van der Waals surface area (Å²) in [5.74, 6) is 1.88. The smallest absolute Gasteiger partial charge is 0.252 e. The van der Waals surface area contributed by atoms with E-state index in [2.05, 4.69) is 9.97 Å². The molecule has 1 N–H and O–H groups in total. The molecule has 0 aliphatic carbocycles. The van der Waals surface area contributed by atoms with Gasteiger partial charge in [-0.15, -0.1) is 0 Å². The van der Waals surface area contributed by atoms with Gasteiger partial charge in [0, 0.05) is 39.2 Å². The van der Waals surface area contributed by atoms with E-state index >= 15 is 0 Å². The van der Waals surface area contributed by atoms with Crippen molar-refractivity contribution in [3.05, 3.63) is 45.9 Å². The molecule has 0 saturated carbocycles. The summed E-state index contributed by atoms with van der Waals surface area (Å²) in [6.45, 7) is 1.22. The second kappa shape index (κ2) is 8.33. The number of amides is 1. The molecule has 150 valence electrons. The first-order valence-electron chi connectivity index (χ1n) is 9.18. The van der Waals surface area contributed by atoms with E-state index in [0.717, 1.165) is 17.7 Å². The molecule has 0 radical (unpaired) electrons. The summed E-state index contributed by atoms with van der Waals surface area (Å²) in [6.07, 6.45) is 1.08. The van der Waals surface area contributed by atoms with Crippen molar-refractivity contribution in [2.45, 2.75) is 18.8 Å². The lowest BCUT2D eigenvalue weighted by molar-refractivity contribution is -0.129. The first kappa shape index (κ1) is 19.7. The lowest BCUT2D eigenvalue weighted by atomic mass is 10.0. The molecule has 1 aliphatic rings. The number of aromatic nitrogens is 2. The van der Waals surface area contributed by atoms with E-state index in [1.54, 1.807) is 25.2 Å². The number of nitrogens with one attached hydrogen (secondary N) is 1. The largest absolute Gasteiger partial charge is 0.493 e. The molecule has 2 heterocycles. The number of benzene rings is 1. The van der Waals surface area contributed by atoms with Crippen LogP contribution in [0.15, 0.2) is 29.1 Å². The summed E-state index contributed by atoms with van der Waals surface area (Å²) in [7, 11) is 6.81. The zero-order valence-electron chi connectivity index (χ0n) is 16.7. The lowest BCUT2D eigenvalue weighted by Crippen LogP contribution is -2.30. The Morgan fingerprint density at radius 3 is 2.68 bits per heavy atom. The fraction of sp³-hybridized carbons (Fsp3) is 0.450. The van der Waals surface area contributed by atoms with Gasteiger partial charge in [-0.1, -0.05) is 6.07 Å². The number of carbonyl (C=O) groups is 1. The average Bonchev–Trinajstić information content (AvgIpc) is 3.17. The molecule has 1 fully saturated rings. The monoisotopic (exact) mass is 386 g/mol. The molecule has 3 rings (SSSR count). The summed E-state index contributed by atoms with van der Waals surface area (Å²) < 4.78 is 10.5. The van der Waals surface area contributed by atoms with Crippen molar-refractivity contribution in [1.82, 2.24) is 14.9 Å². The quantitative estimate of drug-likeness (QED) is 0.808. The highest BCUT2D eigenvalue weighted by Gasteiger charge is 2.29. The maximum Gasteiger partial charge on any atom is 0.252 e. The molecule has 1 aromatic heterocycles. The zero-order valence-corrected chi connectivity index (χ0v) is 16.7. The molecule has 28 heavy (non-hydrogen) atoms. The van der Waals surface area contributed by atoms with E-state index in [1.807, 2.05) is 31.1 Å². The maximum absolute atomic E-state index is 12.7. The number of rotatable bonds is 6. The predicted molar refractivity (Wildman–Crippen MR) is 106 cm³/mol. The third-order valence-corrected chi connectivity index (χ3v) is 4.94. The molecular weight excluding hydrogens is 360 g/mol. The van der Waals surface area contributed by atoms with E-state index in [-0.39, 0.29) is 17.4 Å². The van der Waals surface area contributed by atoms with Gasteiger partial charge in [0.25, 0.3) is 5.56 Å². The van der Waals surface area contributed by atoms with Gasteiger partial charge in [-0.05, 0) is 24.1 Å². The number of methoxy groups -OCH3 is 2. The van der Waals surface area contributed by atoms with Crippen LogP contribution >= 0.6 is 0 Å². The molecule has 1 aromatic carbocycles. The van der Waals surface area contributed by atoms with Crippen molar-refractivity contribution in [2.24, 2.45) is 0 Å². The highest BCUT2D eigenvalue weighted by molar-refractivity contribution is 5.79. The molecule has 0 bridgehead atoms. The highest BCUT2D eigenvalue weighted by Crippen LogP contribution is 2.29. The number of aromatic amines is 1. The van der Waals surface area contributed by atoms with Crippen LogP contribution in [0.4, 0.5) is 5.95 Å². The van der Waals surface area contributed by atoms with Crippen LogP contribution in [0.25, 0.3) is 0 Å². The van der Waals surface area contributed by atoms with Crippen LogP contribution in [0.1, 0.15) is 23.6 Å². The minimum absolute atomic E-state index is 0.0485. The number of hydrogen-bond donors (Lipinski definition) is 1. The molecule has 1 atom stereocenters. The second-order valence-electron chi connectivity index (χ2n) is 7.08. The van der Waals surface area contributed by atoms with Gasteiger partial charge in [0.1, 0.15) is 0 Å². The Balaban J connectivity index is 1.69. The van der Waals surface area contributed by atoms with Crippen molar-refractivity contribution in [3.8, 4) is 11.5 Å². The predicted octanol–water partition coefficient (Wildman–Crippen LogP) is 1.41. The van der Waals surface area contributed by atoms with Crippen LogP contribution in [0.5, 0.6) is 11.5 Å². The Hall–Kier alpha value is -3.03. The third-order valence-electron chi connectivity index (χ3n) is 4.94. The maximum atomic E-state index is 12.7. The lowest BCUT2D eigenvalue weighted by Gasteiger charge is -2.18. The summed E-state index contributed by atoms with van der Waals surface area (Å²) >= 11 is 0. The fourth-order valence-corrected chi connectivity index (χ4v) is 3.39. The molecular formula is C20H26N4O4. The average molecular weight is 386 g/mol. The number of H-pyrrole nitrogens is 1. The Kier molecular flexibility index (Phi) is 5.87. The molecule has 1 aliphatic heterocycles. The number of ether oxygens (including phenoxy) is 2. The Labute approximate surface area is 164 Å². The van der Waals surface area contributed by atoms with E-state index < -0.39 is 0 Å². The van der Waals surface area contributed by atoms with Crippen LogP contribution in [0.2, 0.25) is 0 Å². The van der Waals surface area contributed by atoms with Crippen LogP contribution < -0.4 is 19.9 Å². The Bertz CT molecular complexity index is 909. The van der Waals surface area contributed by atoms with E-state index in [0.29, 0.717) is 37.0 Å². The summed E-state index contributed by atoms with van der Waals surface area (Å²) in [5.41, 5.74) is 1.42. The normalized spacial score (nSPS) is 16.1. The van der Waals surface area contributed by atoms with Crippen LogP contribution in [0, 0.1) is 0 Å². The first-order chi connectivity index (χ1) is 13.4. The minimum Gasteiger partial charge on any atom is -0.493 e. The SMILES string of the molecule is COc1ccc(CC(=O)N2CCC(c3cc(=O)[nH]c(N(C)C)n3)C2)cc1OC. The molecule has 1 amide bonds. The van der Waals surface area contributed by atoms with E-state index in [4.69, 9.17) is 9.47 Å². The fourth-order valence-electron chi connectivity index (χ4n) is 3.39. The van der Waals surface area contributed by atoms with E-state index in [9.17, 15) is 9.59 Å². The molecule has 1 saturated heterocycles. The number of hydrogen-bond acceptors (Lipinski definition) is 6. The van der Waals surface area contributed by atoms with Gasteiger partial charge in [0.2, 0.25) is 11.9 Å². The third kappa shape index (κ3) is 4.27. The minimum atomic E-state index is -0.177. The first-order valence-corrected chi connectivity index (χ1v) is 9.18. The summed E-state index contributed by atoms with van der Waals surface area (Å²) in [4.78, 5) is 35.5. The molecule has 1 unspecified atom stereocenters. The van der Waals surface area contributed by atoms with Gasteiger partial charge in [-0.3, -0.25) is 14.6 Å². The Morgan fingerprint density at radius 2 is 2.00 bits per heavy atom. The molecule has 8 heteroatoms. The summed E-state index contributed by atoms with van der Waals surface area (Å²) in [6, 6.07) is 7.03. The van der Waals surface area contributed by atoms with Gasteiger partial charge < -0.3 is 19.3 Å². The van der Waals surface area contributed by atoms with Crippen molar-refractivity contribution < 1.29 is 14.3 Å². The van der Waals surface area contributed by atoms with E-state index in [1.165, 1.54) is 6.07 Å². The number of nitrogens with zero attached hydrogens (tertiary/aromatic N) is 3. The van der Waals surface area contributed by atoms with Gasteiger partial charge >= 0.3 is 0 Å². The van der Waals surface area contributed by atoms with Crippen molar-refractivity contribution in [3.63, 3.8) is 0 Å². The topological polar surface area (TPSA) is 87.8 Å². The van der Waals surface area contributed by atoms with Crippen molar-refractivity contribution in [1.29, 1.82) is 0 Å². The zero-order chi connectivity index (χ0) is 20.3. The second-order valence-corrected chi connectivity index (χ2v) is 7.08. The number of likely N-dealkylation sites (tertiary alicyclic amines) is 1.